The van der Waals surface area contributed by atoms with Crippen molar-refractivity contribution in [2.45, 2.75) is 6.42 Å². The molecule has 0 saturated carbocycles. The van der Waals surface area contributed by atoms with Crippen molar-refractivity contribution in [3.05, 3.63) is 72.6 Å². The highest BCUT2D eigenvalue weighted by atomic mass is 16.1. The number of rotatable bonds is 3. The number of nitrogens with zero attached hydrogens (tertiary/aromatic N) is 3. The van der Waals surface area contributed by atoms with Gasteiger partial charge in [-0.2, -0.15) is 0 Å². The number of pyridine rings is 1. The number of carbonyl (C=O) groups excluding carboxylic acids is 1. The Morgan fingerprint density at radius 1 is 0.963 bits per heavy atom. The van der Waals surface area contributed by atoms with E-state index >= 15 is 0 Å². The summed E-state index contributed by atoms with van der Waals surface area (Å²) in [7, 11) is 0. The number of hydrogen-bond donors (Lipinski definition) is 2. The lowest BCUT2D eigenvalue weighted by Gasteiger charge is -2.12. The zero-order chi connectivity index (χ0) is 18.2. The molecule has 5 rings (SSSR count). The van der Waals surface area contributed by atoms with Gasteiger partial charge in [-0.1, -0.05) is 18.2 Å². The molecule has 4 aromatic rings. The average molecular weight is 353 g/mol. The van der Waals surface area contributed by atoms with Gasteiger partial charge in [0.15, 0.2) is 5.82 Å². The second kappa shape index (κ2) is 6.17. The molecule has 6 heteroatoms. The maximum Gasteiger partial charge on any atom is 0.228 e. The highest BCUT2D eigenvalue weighted by Crippen LogP contribution is 2.30. The summed E-state index contributed by atoms with van der Waals surface area (Å²) in [4.78, 5) is 25.1. The number of anilines is 3. The smallest absolute Gasteiger partial charge is 0.228 e. The zero-order valence-electron chi connectivity index (χ0n) is 14.3. The highest BCUT2D eigenvalue weighted by Gasteiger charge is 2.18. The van der Waals surface area contributed by atoms with E-state index in [2.05, 4.69) is 20.6 Å². The topological polar surface area (TPSA) is 79.8 Å². The van der Waals surface area contributed by atoms with Crippen LogP contribution >= 0.6 is 0 Å². The summed E-state index contributed by atoms with van der Waals surface area (Å²) in [6, 6.07) is 17.5. The van der Waals surface area contributed by atoms with Gasteiger partial charge in [0.25, 0.3) is 0 Å². The predicted molar refractivity (Wildman–Crippen MR) is 105 cm³/mol. The fourth-order valence-electron chi connectivity index (χ4n) is 3.23. The van der Waals surface area contributed by atoms with Crippen molar-refractivity contribution in [2.24, 2.45) is 0 Å². The van der Waals surface area contributed by atoms with Crippen molar-refractivity contribution < 1.29 is 4.79 Å². The third-order valence-electron chi connectivity index (χ3n) is 4.54. The maximum absolute atomic E-state index is 11.6. The summed E-state index contributed by atoms with van der Waals surface area (Å²) in [5.74, 6) is 1.37. The molecule has 0 radical (unpaired) electrons. The van der Waals surface area contributed by atoms with E-state index in [1.807, 2.05) is 54.6 Å². The molecule has 0 atom stereocenters. The van der Waals surface area contributed by atoms with Gasteiger partial charge in [0.2, 0.25) is 5.91 Å². The van der Waals surface area contributed by atoms with Crippen LogP contribution in [0.4, 0.5) is 17.2 Å². The minimum absolute atomic E-state index is 0.0228. The lowest BCUT2D eigenvalue weighted by atomic mass is 10.1. The van der Waals surface area contributed by atoms with Gasteiger partial charge >= 0.3 is 0 Å². The second-order valence-corrected chi connectivity index (χ2v) is 6.37. The van der Waals surface area contributed by atoms with E-state index in [4.69, 9.17) is 4.98 Å². The second-order valence-electron chi connectivity index (χ2n) is 6.37. The van der Waals surface area contributed by atoms with E-state index in [1.165, 1.54) is 0 Å². The number of amides is 1. The molecule has 3 heterocycles. The summed E-state index contributed by atoms with van der Waals surface area (Å²) >= 11 is 0. The summed E-state index contributed by atoms with van der Waals surface area (Å²) in [5.41, 5.74) is 4.48. The summed E-state index contributed by atoms with van der Waals surface area (Å²) < 4.78 is 0. The van der Waals surface area contributed by atoms with Crippen molar-refractivity contribution in [2.75, 3.05) is 10.6 Å². The standard InChI is InChI=1S/C21H15N5O/c27-19-11-14-5-6-15(12-18(14)24-19)23-21-16-3-1-2-4-17(16)25-20(26-21)13-7-9-22-10-8-13/h1-10,12H,11H2,(H,24,27)(H,23,25,26). The van der Waals surface area contributed by atoms with Crippen molar-refractivity contribution in [3.8, 4) is 11.4 Å². The maximum atomic E-state index is 11.6. The van der Waals surface area contributed by atoms with E-state index in [0.717, 1.165) is 39.2 Å². The Kier molecular flexibility index (Phi) is 3.53. The van der Waals surface area contributed by atoms with E-state index < -0.39 is 0 Å². The van der Waals surface area contributed by atoms with Gasteiger partial charge in [0.05, 0.1) is 11.9 Å². The van der Waals surface area contributed by atoms with Crippen molar-refractivity contribution in [3.63, 3.8) is 0 Å². The molecular weight excluding hydrogens is 338 g/mol. The Morgan fingerprint density at radius 3 is 2.70 bits per heavy atom. The zero-order valence-corrected chi connectivity index (χ0v) is 14.3. The molecule has 0 bridgehead atoms. The molecular formula is C21H15N5O. The molecule has 1 aliphatic heterocycles. The van der Waals surface area contributed by atoms with Gasteiger partial charge in [0, 0.05) is 34.7 Å². The molecule has 0 spiro atoms. The van der Waals surface area contributed by atoms with Crippen LogP contribution in [0.15, 0.2) is 67.0 Å². The Balaban J connectivity index is 1.60. The number of aromatic nitrogens is 3. The number of carbonyl (C=O) groups is 1. The van der Waals surface area contributed by atoms with Crippen LogP contribution in [0, 0.1) is 0 Å². The van der Waals surface area contributed by atoms with Gasteiger partial charge < -0.3 is 10.6 Å². The van der Waals surface area contributed by atoms with Crippen molar-refractivity contribution >= 4 is 34.0 Å². The van der Waals surface area contributed by atoms with Crippen molar-refractivity contribution in [1.82, 2.24) is 15.0 Å². The van der Waals surface area contributed by atoms with Crippen LogP contribution in [-0.4, -0.2) is 20.9 Å². The minimum atomic E-state index is 0.0228. The first-order valence-corrected chi connectivity index (χ1v) is 8.63. The molecule has 1 amide bonds. The van der Waals surface area contributed by atoms with Crippen molar-refractivity contribution in [1.29, 1.82) is 0 Å². The molecule has 2 N–H and O–H groups in total. The predicted octanol–water partition coefficient (Wildman–Crippen LogP) is 3.93. The monoisotopic (exact) mass is 353 g/mol. The number of benzene rings is 2. The Hall–Kier alpha value is -3.80. The van der Waals surface area contributed by atoms with E-state index in [1.54, 1.807) is 12.4 Å². The SMILES string of the molecule is O=C1Cc2ccc(Nc3nc(-c4ccncc4)nc4ccccc34)cc2N1. The first-order chi connectivity index (χ1) is 13.3. The van der Waals surface area contributed by atoms with Crippen LogP contribution in [0.3, 0.4) is 0 Å². The number of nitrogens with one attached hydrogen (secondary N) is 2. The van der Waals surface area contributed by atoms with E-state index in [9.17, 15) is 4.79 Å². The lowest BCUT2D eigenvalue weighted by Crippen LogP contribution is -2.03. The highest BCUT2D eigenvalue weighted by molar-refractivity contribution is 6.00. The van der Waals surface area contributed by atoms with Crippen LogP contribution < -0.4 is 10.6 Å². The van der Waals surface area contributed by atoms with E-state index in [-0.39, 0.29) is 5.91 Å². The number of para-hydroxylation sites is 1. The molecule has 27 heavy (non-hydrogen) atoms. The van der Waals surface area contributed by atoms with Gasteiger partial charge in [-0.05, 0) is 42.0 Å². The first-order valence-electron chi connectivity index (χ1n) is 8.63. The molecule has 0 saturated heterocycles. The average Bonchev–Trinajstić information content (AvgIpc) is 3.08. The quantitative estimate of drug-likeness (QED) is 0.583. The molecule has 6 nitrogen and oxygen atoms in total. The third kappa shape index (κ3) is 2.87. The molecule has 1 aliphatic rings. The largest absolute Gasteiger partial charge is 0.340 e. The van der Waals surface area contributed by atoms with Gasteiger partial charge in [-0.3, -0.25) is 9.78 Å². The van der Waals surface area contributed by atoms with Crippen LogP contribution in [0.1, 0.15) is 5.56 Å². The van der Waals surface area contributed by atoms with Gasteiger partial charge in [0.1, 0.15) is 5.82 Å². The normalized spacial score (nSPS) is 12.7. The lowest BCUT2D eigenvalue weighted by molar-refractivity contribution is -0.115. The molecule has 0 fully saturated rings. The van der Waals surface area contributed by atoms with Crippen LogP contribution in [0.2, 0.25) is 0 Å². The van der Waals surface area contributed by atoms with E-state index in [0.29, 0.717) is 12.2 Å². The minimum Gasteiger partial charge on any atom is -0.340 e. The van der Waals surface area contributed by atoms with Crippen LogP contribution in [0.5, 0.6) is 0 Å². The first kappa shape index (κ1) is 15.5. The summed E-state index contributed by atoms with van der Waals surface area (Å²) in [6.07, 6.45) is 3.88. The van der Waals surface area contributed by atoms with Crippen LogP contribution in [-0.2, 0) is 11.2 Å². The molecule has 2 aromatic heterocycles. The molecule has 2 aromatic carbocycles. The molecule has 130 valence electrons. The third-order valence-corrected chi connectivity index (χ3v) is 4.54. The van der Waals surface area contributed by atoms with Gasteiger partial charge in [-0.15, -0.1) is 0 Å². The fraction of sp³-hybridized carbons (Fsp3) is 0.0476. The van der Waals surface area contributed by atoms with Gasteiger partial charge in [-0.25, -0.2) is 9.97 Å². The number of hydrogen-bond acceptors (Lipinski definition) is 5. The molecule has 0 unspecified atom stereocenters. The number of fused-ring (bicyclic) bond motifs is 2. The Bertz CT molecular complexity index is 1170. The fourth-order valence-corrected chi connectivity index (χ4v) is 3.23. The summed E-state index contributed by atoms with van der Waals surface area (Å²) in [6.45, 7) is 0. The molecule has 0 aliphatic carbocycles. The van der Waals surface area contributed by atoms with Crippen LogP contribution in [0.25, 0.3) is 22.3 Å². The Morgan fingerprint density at radius 2 is 1.81 bits per heavy atom. The summed E-state index contributed by atoms with van der Waals surface area (Å²) in [5, 5.41) is 7.19. The Labute approximate surface area is 155 Å².